The van der Waals surface area contributed by atoms with Crippen molar-refractivity contribution in [3.05, 3.63) is 35.9 Å². The number of rotatable bonds is 5. The molecule has 2 fully saturated rings. The fourth-order valence-electron chi connectivity index (χ4n) is 4.36. The molecule has 2 saturated heterocycles. The molecule has 2 aliphatic heterocycles. The Morgan fingerprint density at radius 1 is 1.21 bits per heavy atom. The summed E-state index contributed by atoms with van der Waals surface area (Å²) in [6.45, 7) is 5.41. The molecule has 152 valence electrons. The van der Waals surface area contributed by atoms with Gasteiger partial charge in [0.05, 0.1) is 6.42 Å². The average molecular weight is 389 g/mol. The van der Waals surface area contributed by atoms with Crippen molar-refractivity contribution in [3.8, 4) is 0 Å². The van der Waals surface area contributed by atoms with Crippen LogP contribution in [0.5, 0.6) is 0 Å². The molecule has 1 N–H and O–H groups in total. The lowest BCUT2D eigenvalue weighted by Crippen LogP contribution is -2.53. The normalized spacial score (nSPS) is 26.2. The van der Waals surface area contributed by atoms with Gasteiger partial charge >= 0.3 is 18.0 Å². The molecule has 7 nitrogen and oxygen atoms in total. The van der Waals surface area contributed by atoms with Crippen LogP contribution in [0.15, 0.2) is 30.3 Å². The summed E-state index contributed by atoms with van der Waals surface area (Å²) < 4.78 is 11.1. The number of fused-ring (bicyclic) bond motifs is 2. The van der Waals surface area contributed by atoms with Gasteiger partial charge in [0.25, 0.3) is 0 Å². The first-order chi connectivity index (χ1) is 13.1. The zero-order valence-electron chi connectivity index (χ0n) is 16.5. The monoisotopic (exact) mass is 389 g/mol. The van der Waals surface area contributed by atoms with E-state index in [4.69, 9.17) is 9.47 Å². The van der Waals surface area contributed by atoms with Crippen LogP contribution in [0.3, 0.4) is 0 Å². The second-order valence-corrected chi connectivity index (χ2v) is 8.61. The van der Waals surface area contributed by atoms with Crippen LogP contribution in [-0.2, 0) is 25.7 Å². The van der Waals surface area contributed by atoms with Crippen molar-refractivity contribution < 1.29 is 29.0 Å². The molecule has 1 amide bonds. The van der Waals surface area contributed by atoms with Crippen LogP contribution in [-0.4, -0.2) is 45.2 Å². The van der Waals surface area contributed by atoms with E-state index in [9.17, 15) is 19.5 Å². The highest BCUT2D eigenvalue weighted by Crippen LogP contribution is 2.52. The van der Waals surface area contributed by atoms with Gasteiger partial charge in [0.1, 0.15) is 17.7 Å². The lowest BCUT2D eigenvalue weighted by Gasteiger charge is -2.34. The van der Waals surface area contributed by atoms with Gasteiger partial charge in [-0.05, 0) is 51.5 Å². The van der Waals surface area contributed by atoms with E-state index in [-0.39, 0.29) is 25.0 Å². The highest BCUT2D eigenvalue weighted by molar-refractivity contribution is 5.88. The third kappa shape index (κ3) is 3.98. The Hall–Kier alpha value is -2.57. The van der Waals surface area contributed by atoms with E-state index in [1.807, 2.05) is 30.3 Å². The molecule has 28 heavy (non-hydrogen) atoms. The predicted octanol–water partition coefficient (Wildman–Crippen LogP) is 3.36. The quantitative estimate of drug-likeness (QED) is 0.776. The molecule has 0 unspecified atom stereocenters. The number of ether oxygens (including phenoxy) is 2. The number of hydrogen-bond acceptors (Lipinski definition) is 5. The van der Waals surface area contributed by atoms with E-state index in [0.29, 0.717) is 19.3 Å². The molecule has 7 heteroatoms. The lowest BCUT2D eigenvalue weighted by atomic mass is 9.79. The maximum Gasteiger partial charge on any atom is 0.411 e. The summed E-state index contributed by atoms with van der Waals surface area (Å²) in [4.78, 5) is 38.7. The number of aliphatic carboxylic acids is 1. The summed E-state index contributed by atoms with van der Waals surface area (Å²) in [5.74, 6) is -1.70. The van der Waals surface area contributed by atoms with Crippen molar-refractivity contribution in [1.29, 1.82) is 0 Å². The van der Waals surface area contributed by atoms with Crippen LogP contribution in [0, 0.1) is 5.92 Å². The van der Waals surface area contributed by atoms with Crippen LogP contribution >= 0.6 is 0 Å². The third-order valence-electron chi connectivity index (χ3n) is 5.41. The maximum absolute atomic E-state index is 13.0. The summed E-state index contributed by atoms with van der Waals surface area (Å²) in [6, 6.07) is 8.96. The Kier molecular flexibility index (Phi) is 5.37. The van der Waals surface area contributed by atoms with Crippen molar-refractivity contribution >= 4 is 18.0 Å². The maximum atomic E-state index is 13.0. The molecule has 0 radical (unpaired) electrons. The summed E-state index contributed by atoms with van der Waals surface area (Å²) in [6.07, 6.45) is 0.641. The SMILES string of the molecule is CC(C)(C)OC(=O)[C@]12CC[C@H]([C@@H](CC(=O)O)C1)N2C(=O)OCc1ccccc1. The van der Waals surface area contributed by atoms with Crippen LogP contribution in [0.2, 0.25) is 0 Å². The average Bonchev–Trinajstić information content (AvgIpc) is 3.13. The van der Waals surface area contributed by atoms with Crippen molar-refractivity contribution in [2.45, 2.75) is 70.2 Å². The fourth-order valence-corrected chi connectivity index (χ4v) is 4.36. The minimum absolute atomic E-state index is 0.0856. The van der Waals surface area contributed by atoms with Gasteiger partial charge in [-0.3, -0.25) is 9.69 Å². The Balaban J connectivity index is 1.82. The molecule has 0 saturated carbocycles. The highest BCUT2D eigenvalue weighted by atomic mass is 16.6. The molecule has 0 aromatic heterocycles. The summed E-state index contributed by atoms with van der Waals surface area (Å²) >= 11 is 0. The summed E-state index contributed by atoms with van der Waals surface area (Å²) in [7, 11) is 0. The van der Waals surface area contributed by atoms with Crippen LogP contribution in [0.4, 0.5) is 4.79 Å². The number of carboxylic acids is 1. The van der Waals surface area contributed by atoms with E-state index in [1.165, 1.54) is 4.90 Å². The predicted molar refractivity (Wildman–Crippen MR) is 100 cm³/mol. The Bertz CT molecular complexity index is 756. The molecule has 3 atom stereocenters. The zero-order valence-corrected chi connectivity index (χ0v) is 16.5. The molecule has 2 bridgehead atoms. The number of carboxylic acid groups (broad SMARTS) is 1. The van der Waals surface area contributed by atoms with Gasteiger partial charge in [0, 0.05) is 6.04 Å². The summed E-state index contributed by atoms with van der Waals surface area (Å²) in [5.41, 5.74) is -1.00. The van der Waals surface area contributed by atoms with Crippen LogP contribution < -0.4 is 0 Å². The molecule has 3 rings (SSSR count). The smallest absolute Gasteiger partial charge is 0.411 e. The number of esters is 1. The van der Waals surface area contributed by atoms with E-state index >= 15 is 0 Å². The first-order valence-electron chi connectivity index (χ1n) is 9.58. The van der Waals surface area contributed by atoms with E-state index in [0.717, 1.165) is 5.56 Å². The first kappa shape index (κ1) is 20.2. The van der Waals surface area contributed by atoms with Crippen LogP contribution in [0.1, 0.15) is 52.0 Å². The largest absolute Gasteiger partial charge is 0.481 e. The molecule has 0 aliphatic carbocycles. The lowest BCUT2D eigenvalue weighted by molar-refractivity contribution is -0.166. The number of carbonyl (C=O) groups is 3. The number of amides is 1. The molecular weight excluding hydrogens is 362 g/mol. The topological polar surface area (TPSA) is 93.1 Å². The van der Waals surface area contributed by atoms with Gasteiger partial charge in [0.15, 0.2) is 0 Å². The number of benzene rings is 1. The van der Waals surface area contributed by atoms with Crippen molar-refractivity contribution in [2.75, 3.05) is 0 Å². The van der Waals surface area contributed by atoms with Gasteiger partial charge in [-0.25, -0.2) is 9.59 Å². The molecule has 1 aromatic carbocycles. The second-order valence-electron chi connectivity index (χ2n) is 8.61. The Labute approximate surface area is 164 Å². The minimum Gasteiger partial charge on any atom is -0.481 e. The van der Waals surface area contributed by atoms with Gasteiger partial charge < -0.3 is 14.6 Å². The first-order valence-corrected chi connectivity index (χ1v) is 9.58. The second kappa shape index (κ2) is 7.45. The van der Waals surface area contributed by atoms with Crippen molar-refractivity contribution in [3.63, 3.8) is 0 Å². The zero-order chi connectivity index (χ0) is 20.5. The van der Waals surface area contributed by atoms with Crippen molar-refractivity contribution in [1.82, 2.24) is 4.90 Å². The Morgan fingerprint density at radius 3 is 2.50 bits per heavy atom. The molecule has 0 spiro atoms. The fraction of sp³-hybridized carbons (Fsp3) is 0.571. The number of hydrogen-bond donors (Lipinski definition) is 1. The third-order valence-corrected chi connectivity index (χ3v) is 5.41. The standard InChI is InChI=1S/C21H27NO6/c1-20(2,3)28-18(25)21-10-9-16(15(12-21)11-17(23)24)22(21)19(26)27-13-14-7-5-4-6-8-14/h4-8,15-16H,9-13H2,1-3H3,(H,23,24)/t15-,16+,21-/m0/s1. The van der Waals surface area contributed by atoms with E-state index < -0.39 is 29.2 Å². The molecule has 2 aliphatic rings. The van der Waals surface area contributed by atoms with Gasteiger partial charge in [0.2, 0.25) is 0 Å². The van der Waals surface area contributed by atoms with Crippen LogP contribution in [0.25, 0.3) is 0 Å². The van der Waals surface area contributed by atoms with Gasteiger partial charge in [-0.1, -0.05) is 30.3 Å². The van der Waals surface area contributed by atoms with E-state index in [2.05, 4.69) is 0 Å². The molecule has 2 heterocycles. The van der Waals surface area contributed by atoms with E-state index in [1.54, 1.807) is 20.8 Å². The van der Waals surface area contributed by atoms with Gasteiger partial charge in [-0.15, -0.1) is 0 Å². The minimum atomic E-state index is -1.15. The molecular formula is C21H27NO6. The Morgan fingerprint density at radius 2 is 1.89 bits per heavy atom. The highest BCUT2D eigenvalue weighted by Gasteiger charge is 2.64. The number of carbonyl (C=O) groups excluding carboxylic acids is 2. The van der Waals surface area contributed by atoms with Crippen molar-refractivity contribution in [2.24, 2.45) is 5.92 Å². The molecule has 1 aromatic rings. The number of nitrogens with zero attached hydrogens (tertiary/aromatic N) is 1. The van der Waals surface area contributed by atoms with Gasteiger partial charge in [-0.2, -0.15) is 0 Å². The summed E-state index contributed by atoms with van der Waals surface area (Å²) in [5, 5.41) is 9.24.